The summed E-state index contributed by atoms with van der Waals surface area (Å²) in [7, 11) is 1.41. The number of carbonyl (C=O) groups is 1. The molecule has 0 aliphatic heterocycles. The molecule has 0 atom stereocenters. The SMILES string of the molecule is COC(=O)C1CCC(NCc2cc(Br)ccc2OC(F)F)CC1. The van der Waals surface area contributed by atoms with E-state index in [-0.39, 0.29) is 23.7 Å². The maximum absolute atomic E-state index is 12.5. The van der Waals surface area contributed by atoms with Crippen molar-refractivity contribution in [1.29, 1.82) is 0 Å². The summed E-state index contributed by atoms with van der Waals surface area (Å²) >= 11 is 3.34. The number of rotatable bonds is 6. The maximum Gasteiger partial charge on any atom is 0.387 e. The lowest BCUT2D eigenvalue weighted by Gasteiger charge is -2.28. The van der Waals surface area contributed by atoms with Gasteiger partial charge < -0.3 is 14.8 Å². The standard InChI is InChI=1S/C16H20BrF2NO3/c1-22-15(21)10-2-5-13(6-3-10)20-9-11-8-12(17)4-7-14(11)23-16(18)19/h4,7-8,10,13,16,20H,2-3,5-6,9H2,1H3. The number of carbonyl (C=O) groups excluding carboxylic acids is 1. The lowest BCUT2D eigenvalue weighted by molar-refractivity contribution is -0.146. The van der Waals surface area contributed by atoms with Crippen LogP contribution in [0.2, 0.25) is 0 Å². The van der Waals surface area contributed by atoms with Gasteiger partial charge in [-0.1, -0.05) is 15.9 Å². The zero-order chi connectivity index (χ0) is 16.8. The number of halogens is 3. The Hall–Kier alpha value is -1.21. The van der Waals surface area contributed by atoms with Crippen LogP contribution < -0.4 is 10.1 Å². The average molecular weight is 392 g/mol. The van der Waals surface area contributed by atoms with Crippen molar-refractivity contribution >= 4 is 21.9 Å². The van der Waals surface area contributed by atoms with Crippen molar-refractivity contribution in [2.24, 2.45) is 5.92 Å². The normalized spacial score (nSPS) is 21.3. The average Bonchev–Trinajstić information content (AvgIpc) is 2.54. The minimum Gasteiger partial charge on any atom is -0.469 e. The van der Waals surface area contributed by atoms with Crippen LogP contribution in [0.5, 0.6) is 5.75 Å². The second-order valence-electron chi connectivity index (χ2n) is 5.58. The summed E-state index contributed by atoms with van der Waals surface area (Å²) in [4.78, 5) is 11.5. The van der Waals surface area contributed by atoms with Gasteiger partial charge in [-0.3, -0.25) is 4.79 Å². The Balaban J connectivity index is 1.89. The first-order valence-corrected chi connectivity index (χ1v) is 8.33. The molecule has 0 saturated heterocycles. The molecule has 23 heavy (non-hydrogen) atoms. The van der Waals surface area contributed by atoms with Crippen molar-refractivity contribution in [3.8, 4) is 5.75 Å². The van der Waals surface area contributed by atoms with E-state index in [4.69, 9.17) is 4.74 Å². The minimum atomic E-state index is -2.84. The van der Waals surface area contributed by atoms with Crippen LogP contribution in [0, 0.1) is 5.92 Å². The van der Waals surface area contributed by atoms with Gasteiger partial charge in [0.05, 0.1) is 13.0 Å². The van der Waals surface area contributed by atoms with Gasteiger partial charge >= 0.3 is 12.6 Å². The highest BCUT2D eigenvalue weighted by Crippen LogP contribution is 2.28. The molecule has 1 aliphatic carbocycles. The third-order valence-corrected chi connectivity index (χ3v) is 4.57. The lowest BCUT2D eigenvalue weighted by atomic mass is 9.86. The van der Waals surface area contributed by atoms with Crippen LogP contribution in [0.25, 0.3) is 0 Å². The Morgan fingerprint density at radius 3 is 2.65 bits per heavy atom. The molecule has 0 aromatic heterocycles. The third-order valence-electron chi connectivity index (χ3n) is 4.08. The van der Waals surface area contributed by atoms with E-state index in [2.05, 4.69) is 26.0 Å². The third kappa shape index (κ3) is 5.42. The molecule has 0 amide bonds. The second-order valence-corrected chi connectivity index (χ2v) is 6.50. The van der Waals surface area contributed by atoms with Gasteiger partial charge in [-0.05, 0) is 43.9 Å². The van der Waals surface area contributed by atoms with Crippen LogP contribution in [0.15, 0.2) is 22.7 Å². The van der Waals surface area contributed by atoms with Crippen LogP contribution >= 0.6 is 15.9 Å². The van der Waals surface area contributed by atoms with Crippen LogP contribution in [0.4, 0.5) is 8.78 Å². The van der Waals surface area contributed by atoms with Crippen molar-refractivity contribution in [2.45, 2.75) is 44.9 Å². The van der Waals surface area contributed by atoms with E-state index < -0.39 is 6.61 Å². The van der Waals surface area contributed by atoms with Crippen LogP contribution in [0.1, 0.15) is 31.2 Å². The van der Waals surface area contributed by atoms with E-state index >= 15 is 0 Å². The monoisotopic (exact) mass is 391 g/mol. The van der Waals surface area contributed by atoms with E-state index in [0.717, 1.165) is 30.2 Å². The fourth-order valence-corrected chi connectivity index (χ4v) is 3.26. The molecule has 128 valence electrons. The van der Waals surface area contributed by atoms with Gasteiger partial charge in [0.15, 0.2) is 0 Å². The number of hydrogen-bond acceptors (Lipinski definition) is 4. The van der Waals surface area contributed by atoms with E-state index in [9.17, 15) is 13.6 Å². The van der Waals surface area contributed by atoms with E-state index in [1.807, 2.05) is 0 Å². The van der Waals surface area contributed by atoms with Crippen LogP contribution in [-0.2, 0) is 16.1 Å². The van der Waals surface area contributed by atoms with Gasteiger partial charge in [0.1, 0.15) is 5.75 Å². The molecule has 0 radical (unpaired) electrons. The molecular weight excluding hydrogens is 372 g/mol. The first-order valence-electron chi connectivity index (χ1n) is 7.54. The maximum atomic E-state index is 12.5. The topological polar surface area (TPSA) is 47.6 Å². The van der Waals surface area contributed by atoms with Crippen LogP contribution in [0.3, 0.4) is 0 Å². The summed E-state index contributed by atoms with van der Waals surface area (Å²) in [6, 6.07) is 5.23. The molecule has 1 N–H and O–H groups in total. The predicted octanol–water partition coefficient (Wildman–Crippen LogP) is 3.87. The van der Waals surface area contributed by atoms with Gasteiger partial charge in [-0.2, -0.15) is 8.78 Å². The van der Waals surface area contributed by atoms with Gasteiger partial charge in [-0.25, -0.2) is 0 Å². The summed E-state index contributed by atoms with van der Waals surface area (Å²) in [5.74, 6) is 0.00338. The number of hydrogen-bond donors (Lipinski definition) is 1. The molecule has 1 fully saturated rings. The van der Waals surface area contributed by atoms with E-state index in [1.54, 1.807) is 12.1 Å². The smallest absolute Gasteiger partial charge is 0.387 e. The summed E-state index contributed by atoms with van der Waals surface area (Å²) in [5.41, 5.74) is 0.676. The number of benzene rings is 1. The Kier molecular flexibility index (Phi) is 6.77. The molecule has 0 heterocycles. The first-order chi connectivity index (χ1) is 11.0. The molecule has 0 spiro atoms. The lowest BCUT2D eigenvalue weighted by Crippen LogP contribution is -2.35. The van der Waals surface area contributed by atoms with Crippen molar-refractivity contribution in [3.05, 3.63) is 28.2 Å². The molecular formula is C16H20BrF2NO3. The number of methoxy groups -OCH3 is 1. The van der Waals surface area contributed by atoms with E-state index in [0.29, 0.717) is 12.1 Å². The summed E-state index contributed by atoms with van der Waals surface area (Å²) in [6.07, 6.45) is 3.28. The van der Waals surface area contributed by atoms with Gasteiger partial charge in [0, 0.05) is 22.6 Å². The first kappa shape index (κ1) is 18.1. The number of alkyl halides is 2. The molecule has 0 bridgehead atoms. The van der Waals surface area contributed by atoms with Crippen molar-refractivity contribution in [1.82, 2.24) is 5.32 Å². The second kappa shape index (κ2) is 8.59. The number of esters is 1. The molecule has 7 heteroatoms. The van der Waals surface area contributed by atoms with E-state index in [1.165, 1.54) is 13.2 Å². The highest BCUT2D eigenvalue weighted by molar-refractivity contribution is 9.10. The Labute approximate surface area is 142 Å². The summed E-state index contributed by atoms with van der Waals surface area (Å²) < 4.78 is 35.0. The van der Waals surface area contributed by atoms with Gasteiger partial charge in [0.2, 0.25) is 0 Å². The summed E-state index contributed by atoms with van der Waals surface area (Å²) in [5, 5.41) is 3.36. The molecule has 4 nitrogen and oxygen atoms in total. The van der Waals surface area contributed by atoms with Crippen molar-refractivity contribution < 1.29 is 23.0 Å². The molecule has 1 aromatic rings. The fourth-order valence-electron chi connectivity index (χ4n) is 2.85. The largest absolute Gasteiger partial charge is 0.469 e. The van der Waals surface area contributed by atoms with Crippen molar-refractivity contribution in [2.75, 3.05) is 7.11 Å². The highest BCUT2D eigenvalue weighted by Gasteiger charge is 2.26. The Morgan fingerprint density at radius 1 is 1.35 bits per heavy atom. The Morgan fingerprint density at radius 2 is 2.04 bits per heavy atom. The summed E-state index contributed by atoms with van der Waals surface area (Å²) in [6.45, 7) is -2.40. The molecule has 1 aliphatic rings. The quantitative estimate of drug-likeness (QED) is 0.747. The molecule has 0 unspecified atom stereocenters. The number of nitrogens with one attached hydrogen (secondary N) is 1. The zero-order valence-corrected chi connectivity index (χ0v) is 14.4. The number of ether oxygens (including phenoxy) is 2. The molecule has 1 aromatic carbocycles. The Bertz CT molecular complexity index is 534. The molecule has 1 saturated carbocycles. The van der Waals surface area contributed by atoms with Crippen molar-refractivity contribution in [3.63, 3.8) is 0 Å². The minimum absolute atomic E-state index is 0.0263. The zero-order valence-electron chi connectivity index (χ0n) is 12.9. The van der Waals surface area contributed by atoms with Crippen LogP contribution in [-0.4, -0.2) is 25.7 Å². The predicted molar refractivity (Wildman–Crippen MR) is 85.4 cm³/mol. The molecule has 2 rings (SSSR count). The highest BCUT2D eigenvalue weighted by atomic mass is 79.9. The van der Waals surface area contributed by atoms with Gasteiger partial charge in [-0.15, -0.1) is 0 Å². The fraction of sp³-hybridized carbons (Fsp3) is 0.562. The van der Waals surface area contributed by atoms with Gasteiger partial charge in [0.25, 0.3) is 0 Å².